The van der Waals surface area contributed by atoms with Gasteiger partial charge in [0.1, 0.15) is 11.3 Å². The van der Waals surface area contributed by atoms with Gasteiger partial charge in [-0.15, -0.1) is 0 Å². The number of carbonyl (C=O) groups excluding carboxylic acids is 1. The molecule has 0 fully saturated rings. The lowest BCUT2D eigenvalue weighted by atomic mass is 10.1. The van der Waals surface area contributed by atoms with Gasteiger partial charge in [0.2, 0.25) is 0 Å². The summed E-state index contributed by atoms with van der Waals surface area (Å²) in [6.45, 7) is 0.0851. The molecular weight excluding hydrogens is 403 g/mol. The molecule has 0 aliphatic heterocycles. The van der Waals surface area contributed by atoms with E-state index in [0.717, 1.165) is 11.6 Å². The monoisotopic (exact) mass is 414 g/mol. The molecule has 6 nitrogen and oxygen atoms in total. The SMILES string of the molecule is O=C(NCc1cc(-c2ccc(Cl)cc2)no1)c1cc(=O)c2cc(Cl)ccc2o1. The minimum absolute atomic E-state index is 0.0851. The zero-order valence-corrected chi connectivity index (χ0v) is 15.8. The Morgan fingerprint density at radius 3 is 2.54 bits per heavy atom. The van der Waals surface area contributed by atoms with E-state index < -0.39 is 5.91 Å². The summed E-state index contributed by atoms with van der Waals surface area (Å²) in [7, 11) is 0. The van der Waals surface area contributed by atoms with Crippen molar-refractivity contribution >= 4 is 40.1 Å². The number of hydrogen-bond acceptors (Lipinski definition) is 5. The van der Waals surface area contributed by atoms with Crippen LogP contribution >= 0.6 is 23.2 Å². The Morgan fingerprint density at radius 2 is 1.75 bits per heavy atom. The molecule has 0 spiro atoms. The molecule has 2 aromatic carbocycles. The van der Waals surface area contributed by atoms with Crippen molar-refractivity contribution in [3.63, 3.8) is 0 Å². The summed E-state index contributed by atoms with van der Waals surface area (Å²) in [6, 6.07) is 14.6. The largest absolute Gasteiger partial charge is 0.451 e. The van der Waals surface area contributed by atoms with Crippen LogP contribution < -0.4 is 10.7 Å². The topological polar surface area (TPSA) is 85.3 Å². The number of aromatic nitrogens is 1. The Labute approximate surface area is 168 Å². The summed E-state index contributed by atoms with van der Waals surface area (Å²) < 4.78 is 10.7. The number of amides is 1. The maximum atomic E-state index is 12.3. The highest BCUT2D eigenvalue weighted by Gasteiger charge is 2.14. The first-order valence-electron chi connectivity index (χ1n) is 8.23. The van der Waals surface area contributed by atoms with E-state index in [1.165, 1.54) is 6.07 Å². The molecule has 0 radical (unpaired) electrons. The number of nitrogens with one attached hydrogen (secondary N) is 1. The second-order valence-corrected chi connectivity index (χ2v) is 6.86. The van der Waals surface area contributed by atoms with E-state index in [9.17, 15) is 9.59 Å². The van der Waals surface area contributed by atoms with Crippen LogP contribution in [0.25, 0.3) is 22.2 Å². The average Bonchev–Trinajstić information content (AvgIpc) is 3.16. The number of benzene rings is 2. The fourth-order valence-corrected chi connectivity index (χ4v) is 2.95. The van der Waals surface area contributed by atoms with Crippen LogP contribution in [0.3, 0.4) is 0 Å². The van der Waals surface area contributed by atoms with E-state index in [-0.39, 0.29) is 23.3 Å². The molecule has 0 unspecified atom stereocenters. The molecule has 140 valence electrons. The first-order valence-corrected chi connectivity index (χ1v) is 8.98. The van der Waals surface area contributed by atoms with Crippen LogP contribution in [0, 0.1) is 0 Å². The molecule has 8 heteroatoms. The summed E-state index contributed by atoms with van der Waals surface area (Å²) in [6.07, 6.45) is 0. The summed E-state index contributed by atoms with van der Waals surface area (Å²) in [5.41, 5.74) is 1.39. The quantitative estimate of drug-likeness (QED) is 0.523. The number of rotatable bonds is 4. The Balaban J connectivity index is 1.49. The third kappa shape index (κ3) is 3.78. The van der Waals surface area contributed by atoms with E-state index in [1.807, 2.05) is 12.1 Å². The molecule has 1 N–H and O–H groups in total. The first-order chi connectivity index (χ1) is 13.5. The lowest BCUT2D eigenvalue weighted by molar-refractivity contribution is 0.0920. The molecule has 0 saturated carbocycles. The second-order valence-electron chi connectivity index (χ2n) is 5.98. The van der Waals surface area contributed by atoms with Crippen molar-refractivity contribution in [1.82, 2.24) is 10.5 Å². The summed E-state index contributed by atoms with van der Waals surface area (Å²) >= 11 is 11.8. The summed E-state index contributed by atoms with van der Waals surface area (Å²) in [5, 5.41) is 7.97. The minimum atomic E-state index is -0.543. The van der Waals surface area contributed by atoms with Gasteiger partial charge in [-0.2, -0.15) is 0 Å². The van der Waals surface area contributed by atoms with Gasteiger partial charge in [-0.3, -0.25) is 9.59 Å². The van der Waals surface area contributed by atoms with Gasteiger partial charge >= 0.3 is 0 Å². The van der Waals surface area contributed by atoms with Gasteiger partial charge in [0, 0.05) is 27.7 Å². The number of hydrogen-bond donors (Lipinski definition) is 1. The predicted octanol–water partition coefficient (Wildman–Crippen LogP) is 4.68. The van der Waals surface area contributed by atoms with Gasteiger partial charge in [-0.1, -0.05) is 40.5 Å². The van der Waals surface area contributed by atoms with Crippen molar-refractivity contribution in [2.75, 3.05) is 0 Å². The maximum absolute atomic E-state index is 12.3. The molecule has 0 saturated heterocycles. The van der Waals surface area contributed by atoms with Crippen molar-refractivity contribution in [3.8, 4) is 11.3 Å². The maximum Gasteiger partial charge on any atom is 0.287 e. The van der Waals surface area contributed by atoms with E-state index in [1.54, 1.807) is 30.3 Å². The standard InChI is InChI=1S/C20H12Cl2N2O4/c21-12-3-1-11(2-4-12)16-8-14(28-24-16)10-23-20(26)19-9-17(25)15-7-13(22)5-6-18(15)27-19/h1-9H,10H2,(H,23,26). The number of nitrogens with zero attached hydrogens (tertiary/aromatic N) is 1. The molecule has 2 heterocycles. The molecule has 0 aliphatic rings. The predicted molar refractivity (Wildman–Crippen MR) is 106 cm³/mol. The first kappa shape index (κ1) is 18.3. The Morgan fingerprint density at radius 1 is 1.00 bits per heavy atom. The molecule has 0 aliphatic carbocycles. The average molecular weight is 415 g/mol. The van der Waals surface area contributed by atoms with Crippen LogP contribution in [-0.2, 0) is 6.54 Å². The van der Waals surface area contributed by atoms with E-state index >= 15 is 0 Å². The molecular formula is C20H12Cl2N2O4. The summed E-state index contributed by atoms with van der Waals surface area (Å²) in [4.78, 5) is 24.5. The molecule has 4 aromatic rings. The molecule has 0 bridgehead atoms. The van der Waals surface area contributed by atoms with Gasteiger partial charge in [0.25, 0.3) is 5.91 Å². The minimum Gasteiger partial charge on any atom is -0.451 e. The van der Waals surface area contributed by atoms with Crippen molar-refractivity contribution in [2.24, 2.45) is 0 Å². The zero-order chi connectivity index (χ0) is 19.7. The highest BCUT2D eigenvalue weighted by atomic mass is 35.5. The molecule has 28 heavy (non-hydrogen) atoms. The summed E-state index contributed by atoms with van der Waals surface area (Å²) in [5.74, 6) is -0.191. The Hall–Kier alpha value is -3.09. The van der Waals surface area contributed by atoms with E-state index in [2.05, 4.69) is 10.5 Å². The van der Waals surface area contributed by atoms with Crippen molar-refractivity contribution in [1.29, 1.82) is 0 Å². The van der Waals surface area contributed by atoms with Gasteiger partial charge in [-0.05, 0) is 30.3 Å². The number of carbonyl (C=O) groups is 1. The van der Waals surface area contributed by atoms with Crippen LogP contribution in [0.4, 0.5) is 0 Å². The van der Waals surface area contributed by atoms with Gasteiger partial charge in [-0.25, -0.2) is 0 Å². The van der Waals surface area contributed by atoms with Crippen LogP contribution in [-0.4, -0.2) is 11.1 Å². The zero-order valence-electron chi connectivity index (χ0n) is 14.2. The Bertz CT molecular complexity index is 1230. The van der Waals surface area contributed by atoms with Crippen LogP contribution in [0.2, 0.25) is 10.0 Å². The fourth-order valence-electron chi connectivity index (χ4n) is 2.65. The smallest absolute Gasteiger partial charge is 0.287 e. The van der Waals surface area contributed by atoms with Crippen LogP contribution in [0.5, 0.6) is 0 Å². The van der Waals surface area contributed by atoms with E-state index in [0.29, 0.717) is 26.9 Å². The molecule has 1 amide bonds. The third-order valence-corrected chi connectivity index (χ3v) is 4.52. The van der Waals surface area contributed by atoms with Crippen molar-refractivity contribution in [2.45, 2.75) is 6.54 Å². The lowest BCUT2D eigenvalue weighted by Gasteiger charge is -2.04. The van der Waals surface area contributed by atoms with Crippen molar-refractivity contribution < 1.29 is 13.7 Å². The molecule has 0 atom stereocenters. The fraction of sp³-hybridized carbons (Fsp3) is 0.0500. The van der Waals surface area contributed by atoms with Crippen LogP contribution in [0.15, 0.2) is 68.3 Å². The molecule has 4 rings (SSSR count). The number of fused-ring (bicyclic) bond motifs is 1. The van der Waals surface area contributed by atoms with Gasteiger partial charge in [0.15, 0.2) is 16.9 Å². The molecule has 2 aromatic heterocycles. The van der Waals surface area contributed by atoms with Gasteiger partial charge in [0.05, 0.1) is 11.9 Å². The van der Waals surface area contributed by atoms with Crippen molar-refractivity contribution in [3.05, 3.63) is 86.4 Å². The third-order valence-electron chi connectivity index (χ3n) is 4.04. The van der Waals surface area contributed by atoms with Gasteiger partial charge < -0.3 is 14.3 Å². The second kappa shape index (κ2) is 7.50. The highest BCUT2D eigenvalue weighted by molar-refractivity contribution is 6.31. The van der Waals surface area contributed by atoms with E-state index in [4.69, 9.17) is 32.1 Å². The number of halogens is 2. The lowest BCUT2D eigenvalue weighted by Crippen LogP contribution is -2.23. The van der Waals surface area contributed by atoms with Crippen LogP contribution in [0.1, 0.15) is 16.3 Å². The Kier molecular flexibility index (Phi) is 4.90. The highest BCUT2D eigenvalue weighted by Crippen LogP contribution is 2.21. The normalized spacial score (nSPS) is 10.9.